The predicted molar refractivity (Wildman–Crippen MR) is 60.2 cm³/mol. The molecule has 0 unspecified atom stereocenters. The van der Waals surface area contributed by atoms with Gasteiger partial charge in [-0.1, -0.05) is 6.07 Å². The van der Waals surface area contributed by atoms with Gasteiger partial charge in [0.2, 0.25) is 0 Å². The first-order valence-corrected chi connectivity index (χ1v) is 5.43. The van der Waals surface area contributed by atoms with Gasteiger partial charge in [-0.3, -0.25) is 0 Å². The van der Waals surface area contributed by atoms with E-state index in [1.165, 1.54) is 11.1 Å². The normalized spacial score (nSPS) is 17.5. The van der Waals surface area contributed by atoms with Gasteiger partial charge >= 0.3 is 0 Å². The van der Waals surface area contributed by atoms with E-state index in [4.69, 9.17) is 4.74 Å². The van der Waals surface area contributed by atoms with Gasteiger partial charge in [0.15, 0.2) is 0 Å². The van der Waals surface area contributed by atoms with Crippen LogP contribution < -0.4 is 4.74 Å². The average Bonchev–Trinajstić information content (AvgIpc) is 3.02. The molecule has 0 bridgehead atoms. The van der Waals surface area contributed by atoms with E-state index < -0.39 is 0 Å². The highest BCUT2D eigenvalue weighted by Crippen LogP contribution is 2.48. The lowest BCUT2D eigenvalue weighted by Gasteiger charge is -2.14. The number of aryl methyl sites for hydroxylation is 1. The zero-order valence-corrected chi connectivity index (χ0v) is 9.42. The number of hydrogen-bond acceptors (Lipinski definition) is 2. The van der Waals surface area contributed by atoms with Gasteiger partial charge < -0.3 is 9.84 Å². The number of hydrogen-bond donors (Lipinski definition) is 1. The van der Waals surface area contributed by atoms with Crippen LogP contribution in [0.5, 0.6) is 5.75 Å². The van der Waals surface area contributed by atoms with Gasteiger partial charge in [0.05, 0.1) is 7.11 Å². The van der Waals surface area contributed by atoms with Crippen molar-refractivity contribution < 1.29 is 9.84 Å². The van der Waals surface area contributed by atoms with Crippen molar-refractivity contribution in [2.45, 2.75) is 26.2 Å². The Bertz CT molecular complexity index is 354. The van der Waals surface area contributed by atoms with Crippen molar-refractivity contribution in [3.8, 4) is 5.75 Å². The summed E-state index contributed by atoms with van der Waals surface area (Å²) in [6, 6.07) is 6.17. The third-order valence-corrected chi connectivity index (χ3v) is 3.41. The van der Waals surface area contributed by atoms with Gasteiger partial charge in [-0.25, -0.2) is 0 Å². The summed E-state index contributed by atoms with van der Waals surface area (Å²) in [6.45, 7) is 2.42. The zero-order valence-electron chi connectivity index (χ0n) is 9.42. The maximum Gasteiger partial charge on any atom is 0.119 e. The summed E-state index contributed by atoms with van der Waals surface area (Å²) < 4.78 is 5.17. The minimum absolute atomic E-state index is 0.194. The molecule has 82 valence electrons. The molecule has 0 aliphatic heterocycles. The van der Waals surface area contributed by atoms with Crippen LogP contribution in [0.3, 0.4) is 0 Å². The quantitative estimate of drug-likeness (QED) is 0.819. The Kier molecular flexibility index (Phi) is 2.70. The van der Waals surface area contributed by atoms with Crippen molar-refractivity contribution in [3.05, 3.63) is 29.3 Å². The highest BCUT2D eigenvalue weighted by Gasteiger charge is 2.41. The van der Waals surface area contributed by atoms with Crippen LogP contribution in [0.15, 0.2) is 18.2 Å². The molecule has 1 N–H and O–H groups in total. The van der Waals surface area contributed by atoms with Crippen LogP contribution in [0.25, 0.3) is 0 Å². The molecular weight excluding hydrogens is 188 g/mol. The summed E-state index contributed by atoms with van der Waals surface area (Å²) >= 11 is 0. The summed E-state index contributed by atoms with van der Waals surface area (Å²) in [5.41, 5.74) is 2.79. The highest BCUT2D eigenvalue weighted by atomic mass is 16.5. The Labute approximate surface area is 90.9 Å². The Morgan fingerprint density at radius 2 is 2.13 bits per heavy atom. The second kappa shape index (κ2) is 3.86. The van der Waals surface area contributed by atoms with Crippen LogP contribution in [0.2, 0.25) is 0 Å². The number of methoxy groups -OCH3 is 1. The van der Waals surface area contributed by atoms with Gasteiger partial charge in [-0.05, 0) is 54.9 Å². The average molecular weight is 206 g/mol. The van der Waals surface area contributed by atoms with Crippen molar-refractivity contribution >= 4 is 0 Å². The minimum Gasteiger partial charge on any atom is -0.497 e. The molecule has 0 atom stereocenters. The molecule has 2 heteroatoms. The van der Waals surface area contributed by atoms with Crippen molar-refractivity contribution in [1.82, 2.24) is 0 Å². The lowest BCUT2D eigenvalue weighted by atomic mass is 9.94. The van der Waals surface area contributed by atoms with E-state index in [9.17, 15) is 5.11 Å². The van der Waals surface area contributed by atoms with E-state index in [2.05, 4.69) is 19.1 Å². The molecule has 1 aromatic rings. The molecule has 1 fully saturated rings. The molecule has 0 radical (unpaired) electrons. The van der Waals surface area contributed by atoms with E-state index in [-0.39, 0.29) is 5.41 Å². The summed E-state index contributed by atoms with van der Waals surface area (Å²) in [7, 11) is 1.69. The first kappa shape index (κ1) is 10.5. The van der Waals surface area contributed by atoms with Crippen molar-refractivity contribution in [1.29, 1.82) is 0 Å². The molecule has 0 amide bonds. The Hall–Kier alpha value is -1.02. The molecule has 0 saturated heterocycles. The second-order valence-corrected chi connectivity index (χ2v) is 4.63. The van der Waals surface area contributed by atoms with E-state index in [1.54, 1.807) is 7.11 Å². The fourth-order valence-corrected chi connectivity index (χ4v) is 1.97. The van der Waals surface area contributed by atoms with Gasteiger partial charge in [-0.2, -0.15) is 0 Å². The number of rotatable bonds is 4. The van der Waals surface area contributed by atoms with Gasteiger partial charge in [0, 0.05) is 6.61 Å². The minimum atomic E-state index is 0.194. The topological polar surface area (TPSA) is 29.5 Å². The molecule has 0 heterocycles. The molecule has 1 aliphatic carbocycles. The molecule has 1 aliphatic rings. The number of aliphatic hydroxyl groups excluding tert-OH is 1. The van der Waals surface area contributed by atoms with Gasteiger partial charge in [0.25, 0.3) is 0 Å². The maximum atomic E-state index is 9.28. The van der Waals surface area contributed by atoms with Gasteiger partial charge in [-0.15, -0.1) is 0 Å². The maximum absolute atomic E-state index is 9.28. The highest BCUT2D eigenvalue weighted by molar-refractivity contribution is 5.35. The Morgan fingerprint density at radius 1 is 1.40 bits per heavy atom. The Morgan fingerprint density at radius 3 is 2.60 bits per heavy atom. The third kappa shape index (κ3) is 2.15. The van der Waals surface area contributed by atoms with Crippen LogP contribution in [-0.4, -0.2) is 18.8 Å². The van der Waals surface area contributed by atoms with Crippen LogP contribution in [0, 0.1) is 12.3 Å². The molecule has 1 aromatic carbocycles. The third-order valence-electron chi connectivity index (χ3n) is 3.41. The van der Waals surface area contributed by atoms with E-state index in [0.29, 0.717) is 6.61 Å². The molecule has 15 heavy (non-hydrogen) atoms. The molecule has 2 nitrogen and oxygen atoms in total. The SMILES string of the molecule is COc1ccc(CC2(CO)CC2)c(C)c1. The van der Waals surface area contributed by atoms with Crippen LogP contribution in [0.1, 0.15) is 24.0 Å². The predicted octanol–water partition coefficient (Wildman–Crippen LogP) is 2.32. The number of benzene rings is 1. The molecule has 2 rings (SSSR count). The van der Waals surface area contributed by atoms with Gasteiger partial charge in [0.1, 0.15) is 5.75 Å². The number of aliphatic hydroxyl groups is 1. The van der Waals surface area contributed by atoms with Crippen LogP contribution >= 0.6 is 0 Å². The smallest absolute Gasteiger partial charge is 0.119 e. The molecule has 1 saturated carbocycles. The first-order valence-electron chi connectivity index (χ1n) is 5.43. The summed E-state index contributed by atoms with van der Waals surface area (Å²) in [5.74, 6) is 0.907. The van der Waals surface area contributed by atoms with Crippen LogP contribution in [0.4, 0.5) is 0 Å². The van der Waals surface area contributed by atoms with E-state index in [1.807, 2.05) is 6.07 Å². The van der Waals surface area contributed by atoms with Crippen LogP contribution in [-0.2, 0) is 6.42 Å². The van der Waals surface area contributed by atoms with Crippen molar-refractivity contribution in [2.75, 3.05) is 13.7 Å². The van der Waals surface area contributed by atoms with Crippen molar-refractivity contribution in [3.63, 3.8) is 0 Å². The molecular formula is C13H18O2. The molecule has 0 aromatic heterocycles. The van der Waals surface area contributed by atoms with E-state index >= 15 is 0 Å². The fraction of sp³-hybridized carbons (Fsp3) is 0.538. The fourth-order valence-electron chi connectivity index (χ4n) is 1.97. The number of ether oxygens (including phenoxy) is 1. The zero-order chi connectivity index (χ0) is 10.9. The first-order chi connectivity index (χ1) is 7.19. The second-order valence-electron chi connectivity index (χ2n) is 4.63. The lowest BCUT2D eigenvalue weighted by molar-refractivity contribution is 0.211. The summed E-state index contributed by atoms with van der Waals surface area (Å²) in [4.78, 5) is 0. The van der Waals surface area contributed by atoms with E-state index in [0.717, 1.165) is 25.0 Å². The van der Waals surface area contributed by atoms with Crippen molar-refractivity contribution in [2.24, 2.45) is 5.41 Å². The summed E-state index contributed by atoms with van der Waals surface area (Å²) in [6.07, 6.45) is 3.32. The molecule has 0 spiro atoms. The Balaban J connectivity index is 2.15. The standard InChI is InChI=1S/C13H18O2/c1-10-7-12(15-2)4-3-11(10)8-13(9-14)5-6-13/h3-4,7,14H,5-6,8-9H2,1-2H3. The largest absolute Gasteiger partial charge is 0.497 e. The lowest BCUT2D eigenvalue weighted by Crippen LogP contribution is -2.10. The summed E-state index contributed by atoms with van der Waals surface area (Å²) in [5, 5.41) is 9.28. The monoisotopic (exact) mass is 206 g/mol.